The van der Waals surface area contributed by atoms with Gasteiger partial charge in [0.25, 0.3) is 5.91 Å². The highest BCUT2D eigenvalue weighted by Gasteiger charge is 2.14. The van der Waals surface area contributed by atoms with Crippen molar-refractivity contribution in [2.75, 3.05) is 11.6 Å². The first kappa shape index (κ1) is 15.9. The number of anilines is 2. The van der Waals surface area contributed by atoms with Gasteiger partial charge in [0.2, 0.25) is 0 Å². The molecule has 122 valence electrons. The fourth-order valence-corrected chi connectivity index (χ4v) is 2.30. The molecule has 0 saturated carbocycles. The molecular weight excluding hydrogens is 333 g/mol. The van der Waals surface area contributed by atoms with E-state index in [0.717, 1.165) is 4.80 Å². The number of carbonyl (C=O) groups is 1. The van der Waals surface area contributed by atoms with Gasteiger partial charge >= 0.3 is 0 Å². The predicted octanol–water partition coefficient (Wildman–Crippen LogP) is 1.76. The fourth-order valence-electron chi connectivity index (χ4n) is 1.96. The summed E-state index contributed by atoms with van der Waals surface area (Å²) in [5, 5.41) is 11.2. The molecule has 0 bridgehead atoms. The second-order valence-electron chi connectivity index (χ2n) is 4.59. The Morgan fingerprint density at radius 1 is 1.33 bits per heavy atom. The first-order valence-electron chi connectivity index (χ1n) is 6.72. The van der Waals surface area contributed by atoms with Crippen molar-refractivity contribution in [3.63, 3.8) is 0 Å². The molecule has 3 N–H and O–H groups in total. The van der Waals surface area contributed by atoms with Crippen molar-refractivity contribution < 1.29 is 9.18 Å². The molecule has 0 aliphatic rings. The second-order valence-corrected chi connectivity index (χ2v) is 5.37. The molecule has 3 rings (SSSR count). The Bertz CT molecular complexity index is 885. The number of thioether (sulfide) groups is 1. The number of rotatable bonds is 5. The standard InChI is InChI=1S/C14H12FN7OS/c1-24-14-17-7-9(12(16)23)13(21-14)20-8-2-3-10(15)11(6-8)22-18-4-5-19-22/h2-7H,1H3,(H2,16,23)(H,17,20,21). The Balaban J connectivity index is 2.00. The Kier molecular flexibility index (Phi) is 4.38. The lowest BCUT2D eigenvalue weighted by Crippen LogP contribution is -2.15. The molecule has 0 atom stereocenters. The normalized spacial score (nSPS) is 10.6. The Hall–Kier alpha value is -3.01. The highest BCUT2D eigenvalue weighted by molar-refractivity contribution is 7.98. The Morgan fingerprint density at radius 2 is 2.08 bits per heavy atom. The molecule has 2 heterocycles. The zero-order chi connectivity index (χ0) is 17.1. The van der Waals surface area contributed by atoms with Gasteiger partial charge in [0.05, 0.1) is 12.4 Å². The lowest BCUT2D eigenvalue weighted by Gasteiger charge is -2.11. The average Bonchev–Trinajstić information content (AvgIpc) is 3.10. The summed E-state index contributed by atoms with van der Waals surface area (Å²) in [7, 11) is 0. The van der Waals surface area contributed by atoms with Crippen molar-refractivity contribution in [1.29, 1.82) is 0 Å². The van der Waals surface area contributed by atoms with Crippen LogP contribution in [-0.4, -0.2) is 37.1 Å². The van der Waals surface area contributed by atoms with Gasteiger partial charge in [0, 0.05) is 11.9 Å². The molecule has 8 nitrogen and oxygen atoms in total. The topological polar surface area (TPSA) is 112 Å². The number of halogens is 1. The third-order valence-corrected chi connectivity index (χ3v) is 3.62. The summed E-state index contributed by atoms with van der Waals surface area (Å²) in [6, 6.07) is 4.27. The van der Waals surface area contributed by atoms with E-state index < -0.39 is 11.7 Å². The van der Waals surface area contributed by atoms with Crippen molar-refractivity contribution in [3.8, 4) is 5.69 Å². The number of hydrogen-bond acceptors (Lipinski definition) is 7. The maximum absolute atomic E-state index is 14.0. The number of nitrogens with two attached hydrogens (primary N) is 1. The minimum atomic E-state index is -0.666. The van der Waals surface area contributed by atoms with E-state index in [1.807, 2.05) is 6.26 Å². The van der Waals surface area contributed by atoms with E-state index >= 15 is 0 Å². The highest BCUT2D eigenvalue weighted by atomic mass is 32.2. The van der Waals surface area contributed by atoms with Crippen molar-refractivity contribution in [2.45, 2.75) is 5.16 Å². The van der Waals surface area contributed by atoms with Crippen molar-refractivity contribution in [2.24, 2.45) is 5.73 Å². The molecule has 3 aromatic rings. The maximum Gasteiger partial charge on any atom is 0.254 e. The molecule has 1 amide bonds. The predicted molar refractivity (Wildman–Crippen MR) is 86.9 cm³/mol. The summed E-state index contributed by atoms with van der Waals surface area (Å²) in [4.78, 5) is 20.9. The zero-order valence-electron chi connectivity index (χ0n) is 12.5. The third-order valence-electron chi connectivity index (χ3n) is 3.06. The van der Waals surface area contributed by atoms with Crippen molar-refractivity contribution >= 4 is 29.2 Å². The molecular formula is C14H12FN7OS. The van der Waals surface area contributed by atoms with Crippen LogP contribution in [0.3, 0.4) is 0 Å². The number of primary amides is 1. The molecule has 0 aliphatic carbocycles. The van der Waals surface area contributed by atoms with E-state index in [1.54, 1.807) is 0 Å². The SMILES string of the molecule is CSc1ncc(C(N)=O)c(Nc2ccc(F)c(-n3nccn3)c2)n1. The first-order valence-corrected chi connectivity index (χ1v) is 7.95. The zero-order valence-corrected chi connectivity index (χ0v) is 13.3. The quantitative estimate of drug-likeness (QED) is 0.535. The molecule has 0 radical (unpaired) electrons. The van der Waals surface area contributed by atoms with Gasteiger partial charge in [-0.15, -0.1) is 4.80 Å². The Morgan fingerprint density at radius 3 is 2.75 bits per heavy atom. The summed E-state index contributed by atoms with van der Waals surface area (Å²) in [6.45, 7) is 0. The second kappa shape index (κ2) is 6.62. The third kappa shape index (κ3) is 3.18. The van der Waals surface area contributed by atoms with E-state index in [4.69, 9.17) is 5.73 Å². The van der Waals surface area contributed by atoms with Gasteiger partial charge in [-0.05, 0) is 24.5 Å². The van der Waals surface area contributed by atoms with Crippen LogP contribution in [0.1, 0.15) is 10.4 Å². The van der Waals surface area contributed by atoms with Crippen LogP contribution in [0.4, 0.5) is 15.9 Å². The molecule has 24 heavy (non-hydrogen) atoms. The summed E-state index contributed by atoms with van der Waals surface area (Å²) in [5.74, 6) is -0.909. The van der Waals surface area contributed by atoms with Gasteiger partial charge in [0.1, 0.15) is 17.1 Å². The van der Waals surface area contributed by atoms with E-state index in [1.165, 1.54) is 48.6 Å². The number of benzene rings is 1. The van der Waals surface area contributed by atoms with Crippen LogP contribution in [-0.2, 0) is 0 Å². The van der Waals surface area contributed by atoms with Crippen molar-refractivity contribution in [1.82, 2.24) is 25.0 Å². The van der Waals surface area contributed by atoms with Crippen LogP contribution in [0.25, 0.3) is 5.69 Å². The van der Waals surface area contributed by atoms with Crippen LogP contribution < -0.4 is 11.1 Å². The molecule has 2 aromatic heterocycles. The Labute approximate surface area is 140 Å². The number of nitrogens with zero attached hydrogens (tertiary/aromatic N) is 5. The van der Waals surface area contributed by atoms with Crippen molar-refractivity contribution in [3.05, 3.63) is 48.2 Å². The molecule has 10 heteroatoms. The minimum absolute atomic E-state index is 0.135. The van der Waals surface area contributed by atoms with Crippen LogP contribution in [0.15, 0.2) is 41.9 Å². The number of hydrogen-bond donors (Lipinski definition) is 2. The van der Waals surface area contributed by atoms with E-state index in [-0.39, 0.29) is 17.1 Å². The fraction of sp³-hybridized carbons (Fsp3) is 0.0714. The number of nitrogens with one attached hydrogen (secondary N) is 1. The van der Waals surface area contributed by atoms with Gasteiger partial charge in [-0.2, -0.15) is 10.2 Å². The van der Waals surface area contributed by atoms with Gasteiger partial charge in [-0.1, -0.05) is 11.8 Å². The first-order chi connectivity index (χ1) is 11.6. The number of amides is 1. The molecule has 0 unspecified atom stereocenters. The van der Waals surface area contributed by atoms with Gasteiger partial charge in [-0.25, -0.2) is 14.4 Å². The van der Waals surface area contributed by atoms with Gasteiger partial charge in [-0.3, -0.25) is 4.79 Å². The molecule has 0 aliphatic heterocycles. The molecule has 1 aromatic carbocycles. The van der Waals surface area contributed by atoms with Crippen LogP contribution in [0.5, 0.6) is 0 Å². The maximum atomic E-state index is 14.0. The van der Waals surface area contributed by atoms with E-state index in [2.05, 4.69) is 25.5 Å². The number of aromatic nitrogens is 5. The largest absolute Gasteiger partial charge is 0.365 e. The molecule has 0 saturated heterocycles. The lowest BCUT2D eigenvalue weighted by atomic mass is 10.2. The summed E-state index contributed by atoms with van der Waals surface area (Å²) in [5.41, 5.74) is 6.13. The number of carbonyl (C=O) groups excluding carboxylic acids is 1. The van der Waals surface area contributed by atoms with E-state index in [9.17, 15) is 9.18 Å². The van der Waals surface area contributed by atoms with Crippen LogP contribution in [0, 0.1) is 5.82 Å². The molecule has 0 fully saturated rings. The highest BCUT2D eigenvalue weighted by Crippen LogP contribution is 2.23. The summed E-state index contributed by atoms with van der Waals surface area (Å²) < 4.78 is 14.0. The summed E-state index contributed by atoms with van der Waals surface area (Å²) >= 11 is 1.32. The smallest absolute Gasteiger partial charge is 0.254 e. The van der Waals surface area contributed by atoms with Gasteiger partial charge < -0.3 is 11.1 Å². The van der Waals surface area contributed by atoms with Crippen LogP contribution in [0.2, 0.25) is 0 Å². The average molecular weight is 345 g/mol. The monoisotopic (exact) mass is 345 g/mol. The molecule has 0 spiro atoms. The van der Waals surface area contributed by atoms with E-state index in [0.29, 0.717) is 10.8 Å². The summed E-state index contributed by atoms with van der Waals surface area (Å²) in [6.07, 6.45) is 6.05. The lowest BCUT2D eigenvalue weighted by molar-refractivity contribution is 0.100. The minimum Gasteiger partial charge on any atom is -0.365 e. The van der Waals surface area contributed by atoms with Gasteiger partial charge in [0.15, 0.2) is 11.0 Å². The van der Waals surface area contributed by atoms with Crippen LogP contribution >= 0.6 is 11.8 Å².